The van der Waals surface area contributed by atoms with Gasteiger partial charge in [0, 0.05) is 12.0 Å². The van der Waals surface area contributed by atoms with Crippen molar-refractivity contribution in [3.63, 3.8) is 0 Å². The second-order valence-corrected chi connectivity index (χ2v) is 5.81. The number of ether oxygens (including phenoxy) is 1. The highest BCUT2D eigenvalue weighted by Crippen LogP contribution is 2.29. The van der Waals surface area contributed by atoms with E-state index in [1.807, 2.05) is 0 Å². The van der Waals surface area contributed by atoms with Gasteiger partial charge in [-0.1, -0.05) is 18.2 Å². The summed E-state index contributed by atoms with van der Waals surface area (Å²) in [6.45, 7) is 5.82. The highest BCUT2D eigenvalue weighted by atomic mass is 28.3. The average molecular weight is 207 g/mol. The van der Waals surface area contributed by atoms with Crippen LogP contribution in [0.1, 0.15) is 11.1 Å². The Morgan fingerprint density at radius 2 is 2.29 bits per heavy atom. The number of fused-ring (bicyclic) bond motifs is 1. The van der Waals surface area contributed by atoms with Crippen LogP contribution in [0.25, 0.3) is 0 Å². The van der Waals surface area contributed by atoms with Gasteiger partial charge in [0.15, 0.2) is 0 Å². The normalized spacial score (nSPS) is 14.2. The number of rotatable bonds is 3. The lowest BCUT2D eigenvalue weighted by atomic mass is 10.1. The first-order valence-corrected chi connectivity index (χ1v) is 7.34. The Morgan fingerprint density at radius 3 is 3.07 bits per heavy atom. The fourth-order valence-electron chi connectivity index (χ4n) is 1.62. The van der Waals surface area contributed by atoms with E-state index in [1.54, 1.807) is 0 Å². The topological polar surface area (TPSA) is 18.5 Å². The third-order valence-corrected chi connectivity index (χ3v) is 3.03. The monoisotopic (exact) mass is 207 g/mol. The second kappa shape index (κ2) is 4.15. The van der Waals surface area contributed by atoms with Gasteiger partial charge in [-0.2, -0.15) is 0 Å². The lowest BCUT2D eigenvalue weighted by Crippen LogP contribution is -2.07. The summed E-state index contributed by atoms with van der Waals surface area (Å²) in [6, 6.07) is 6.31. The molecule has 0 aliphatic carbocycles. The van der Waals surface area contributed by atoms with Crippen molar-refractivity contribution in [2.75, 3.05) is 6.61 Å². The third-order valence-electron chi connectivity index (χ3n) is 2.31. The molecule has 2 rings (SSSR count). The van der Waals surface area contributed by atoms with E-state index < -0.39 is 9.04 Å². The number of benzene rings is 1. The Kier molecular flexibility index (Phi) is 2.89. The average Bonchev–Trinajstić information content (AvgIpc) is 2.62. The molecular formula is C11H15O2Si. The van der Waals surface area contributed by atoms with E-state index in [4.69, 9.17) is 9.16 Å². The first-order valence-electron chi connectivity index (χ1n) is 4.94. The molecule has 0 N–H and O–H groups in total. The van der Waals surface area contributed by atoms with Crippen molar-refractivity contribution in [3.05, 3.63) is 29.3 Å². The van der Waals surface area contributed by atoms with Crippen molar-refractivity contribution in [1.29, 1.82) is 0 Å². The Morgan fingerprint density at radius 1 is 1.43 bits per heavy atom. The first kappa shape index (κ1) is 9.74. The van der Waals surface area contributed by atoms with Gasteiger partial charge in [0.05, 0.1) is 13.2 Å². The SMILES string of the molecule is C[Si](C)OCc1cccc2c1OCC2. The van der Waals surface area contributed by atoms with Gasteiger partial charge in [0.1, 0.15) is 5.75 Å². The minimum atomic E-state index is -0.605. The van der Waals surface area contributed by atoms with Crippen LogP contribution < -0.4 is 4.74 Å². The molecule has 0 spiro atoms. The summed E-state index contributed by atoms with van der Waals surface area (Å²) in [5, 5.41) is 0. The molecule has 0 aromatic heterocycles. The molecular weight excluding hydrogens is 192 g/mol. The molecule has 1 aromatic rings. The van der Waals surface area contributed by atoms with Crippen molar-refractivity contribution in [3.8, 4) is 5.75 Å². The first-order chi connectivity index (χ1) is 6.77. The van der Waals surface area contributed by atoms with E-state index in [0.717, 1.165) is 18.8 Å². The van der Waals surface area contributed by atoms with Crippen molar-refractivity contribution in [1.82, 2.24) is 0 Å². The van der Waals surface area contributed by atoms with Gasteiger partial charge < -0.3 is 9.16 Å². The van der Waals surface area contributed by atoms with Gasteiger partial charge in [-0.25, -0.2) is 0 Å². The Labute approximate surface area is 86.6 Å². The summed E-state index contributed by atoms with van der Waals surface area (Å²) in [7, 11) is -0.605. The molecule has 14 heavy (non-hydrogen) atoms. The molecule has 0 bridgehead atoms. The number of hydrogen-bond acceptors (Lipinski definition) is 2. The van der Waals surface area contributed by atoms with E-state index in [2.05, 4.69) is 31.3 Å². The van der Waals surface area contributed by atoms with Crippen LogP contribution in [-0.4, -0.2) is 15.6 Å². The molecule has 75 valence electrons. The zero-order valence-corrected chi connectivity index (χ0v) is 9.67. The van der Waals surface area contributed by atoms with Crippen molar-refractivity contribution < 1.29 is 9.16 Å². The largest absolute Gasteiger partial charge is 0.493 e. The molecule has 0 fully saturated rings. The Hall–Kier alpha value is -0.803. The molecule has 0 unspecified atom stereocenters. The van der Waals surface area contributed by atoms with Crippen molar-refractivity contribution in [2.24, 2.45) is 0 Å². The maximum Gasteiger partial charge on any atom is 0.205 e. The highest BCUT2D eigenvalue weighted by Gasteiger charge is 2.15. The zero-order valence-electron chi connectivity index (χ0n) is 8.67. The lowest BCUT2D eigenvalue weighted by molar-refractivity contribution is 0.298. The van der Waals surface area contributed by atoms with E-state index >= 15 is 0 Å². The predicted molar refractivity (Wildman–Crippen MR) is 57.9 cm³/mol. The molecule has 0 atom stereocenters. The summed E-state index contributed by atoms with van der Waals surface area (Å²) in [6.07, 6.45) is 1.04. The fraction of sp³-hybridized carbons (Fsp3) is 0.455. The van der Waals surface area contributed by atoms with Crippen LogP contribution in [0.2, 0.25) is 13.1 Å². The highest BCUT2D eigenvalue weighted by molar-refractivity contribution is 6.48. The minimum Gasteiger partial charge on any atom is -0.493 e. The van der Waals surface area contributed by atoms with E-state index in [1.165, 1.54) is 11.1 Å². The minimum absolute atomic E-state index is 0.605. The zero-order chi connectivity index (χ0) is 9.97. The molecule has 1 aliphatic rings. The summed E-state index contributed by atoms with van der Waals surface area (Å²) in [5.41, 5.74) is 2.53. The van der Waals surface area contributed by atoms with E-state index in [9.17, 15) is 0 Å². The fourth-order valence-corrected chi connectivity index (χ4v) is 2.06. The lowest BCUT2D eigenvalue weighted by Gasteiger charge is -2.09. The molecule has 0 saturated heterocycles. The number of hydrogen-bond donors (Lipinski definition) is 0. The van der Waals surface area contributed by atoms with Crippen LogP contribution in [0.15, 0.2) is 18.2 Å². The molecule has 1 aromatic carbocycles. The maximum atomic E-state index is 5.67. The van der Waals surface area contributed by atoms with Gasteiger partial charge in [0.25, 0.3) is 0 Å². The van der Waals surface area contributed by atoms with E-state index in [-0.39, 0.29) is 0 Å². The standard InChI is InChI=1S/C11H15O2Si/c1-14(2)13-8-10-5-3-4-9-6-7-12-11(9)10/h3-5H,6-8H2,1-2H3. The Bertz CT molecular complexity index is 323. The molecule has 0 saturated carbocycles. The van der Waals surface area contributed by atoms with Gasteiger partial charge in [0.2, 0.25) is 9.04 Å². The van der Waals surface area contributed by atoms with Gasteiger partial charge in [-0.05, 0) is 18.7 Å². The van der Waals surface area contributed by atoms with Gasteiger partial charge >= 0.3 is 0 Å². The van der Waals surface area contributed by atoms with Crippen LogP contribution >= 0.6 is 0 Å². The van der Waals surface area contributed by atoms with Crippen molar-refractivity contribution in [2.45, 2.75) is 26.1 Å². The van der Waals surface area contributed by atoms with Crippen molar-refractivity contribution >= 4 is 9.04 Å². The van der Waals surface area contributed by atoms with Crippen LogP contribution in [0.5, 0.6) is 5.75 Å². The maximum absolute atomic E-state index is 5.67. The van der Waals surface area contributed by atoms with Gasteiger partial charge in [-0.3, -0.25) is 0 Å². The quantitative estimate of drug-likeness (QED) is 0.709. The summed E-state index contributed by atoms with van der Waals surface area (Å²) in [4.78, 5) is 0. The van der Waals surface area contributed by atoms with Crippen LogP contribution in [0, 0.1) is 0 Å². The molecule has 3 heteroatoms. The third kappa shape index (κ3) is 1.99. The molecule has 1 aliphatic heterocycles. The van der Waals surface area contributed by atoms with Crippen LogP contribution in [-0.2, 0) is 17.5 Å². The smallest absolute Gasteiger partial charge is 0.205 e. The number of para-hydroxylation sites is 1. The summed E-state index contributed by atoms with van der Waals surface area (Å²) < 4.78 is 11.3. The summed E-state index contributed by atoms with van der Waals surface area (Å²) in [5.74, 6) is 1.07. The molecule has 0 amide bonds. The second-order valence-electron chi connectivity index (χ2n) is 3.70. The Balaban J connectivity index is 2.14. The van der Waals surface area contributed by atoms with Crippen LogP contribution in [0.4, 0.5) is 0 Å². The van der Waals surface area contributed by atoms with Crippen LogP contribution in [0.3, 0.4) is 0 Å². The summed E-state index contributed by atoms with van der Waals surface area (Å²) >= 11 is 0. The molecule has 1 radical (unpaired) electrons. The van der Waals surface area contributed by atoms with E-state index in [0.29, 0.717) is 6.61 Å². The predicted octanol–water partition coefficient (Wildman–Crippen LogP) is 2.39. The molecule has 2 nitrogen and oxygen atoms in total. The van der Waals surface area contributed by atoms with Gasteiger partial charge in [-0.15, -0.1) is 0 Å². The molecule has 1 heterocycles.